The first-order valence-corrected chi connectivity index (χ1v) is 6.33. The van der Waals surface area contributed by atoms with Gasteiger partial charge in [-0.25, -0.2) is 0 Å². The Morgan fingerprint density at radius 1 is 1.00 bits per heavy atom. The van der Waals surface area contributed by atoms with Gasteiger partial charge in [0.05, 0.1) is 18.8 Å². The Balaban J connectivity index is 1.66. The van der Waals surface area contributed by atoms with E-state index < -0.39 is 0 Å². The van der Waals surface area contributed by atoms with Crippen molar-refractivity contribution >= 4 is 0 Å². The topological polar surface area (TPSA) is 35.2 Å². The fraction of sp³-hybridized carbons (Fsp3) is 0.250. The van der Waals surface area contributed by atoms with Crippen molar-refractivity contribution in [2.45, 2.75) is 25.2 Å². The zero-order valence-electron chi connectivity index (χ0n) is 10.3. The summed E-state index contributed by atoms with van der Waals surface area (Å²) in [7, 11) is 0. The van der Waals surface area contributed by atoms with Gasteiger partial charge in [-0.1, -0.05) is 54.6 Å². The third-order valence-electron chi connectivity index (χ3n) is 3.54. The molecule has 2 aromatic carbocycles. The highest BCUT2D eigenvalue weighted by Gasteiger charge is 2.29. The third kappa shape index (κ3) is 2.17. The van der Waals surface area contributed by atoms with Gasteiger partial charge in [0, 0.05) is 6.42 Å². The first kappa shape index (κ1) is 11.5. The van der Waals surface area contributed by atoms with Crippen LogP contribution in [-0.4, -0.2) is 6.10 Å². The van der Waals surface area contributed by atoms with Gasteiger partial charge in [0.15, 0.2) is 0 Å². The second kappa shape index (κ2) is 4.92. The molecule has 1 aliphatic carbocycles. The molecule has 0 amide bonds. The summed E-state index contributed by atoms with van der Waals surface area (Å²) in [5.41, 5.74) is 9.98. The Labute approximate surface area is 107 Å². The Kier molecular flexibility index (Phi) is 3.13. The van der Waals surface area contributed by atoms with Crippen molar-refractivity contribution in [1.29, 1.82) is 0 Å². The van der Waals surface area contributed by atoms with Crippen LogP contribution < -0.4 is 5.73 Å². The van der Waals surface area contributed by atoms with E-state index >= 15 is 0 Å². The summed E-state index contributed by atoms with van der Waals surface area (Å²) in [6.07, 6.45) is 1.02. The minimum atomic E-state index is 0.00455. The summed E-state index contributed by atoms with van der Waals surface area (Å²) in [5.74, 6) is 0. The van der Waals surface area contributed by atoms with Crippen LogP contribution in [0.5, 0.6) is 0 Å². The van der Waals surface area contributed by atoms with E-state index in [-0.39, 0.29) is 12.1 Å². The molecule has 0 saturated heterocycles. The monoisotopic (exact) mass is 239 g/mol. The Hall–Kier alpha value is -1.64. The Morgan fingerprint density at radius 3 is 2.50 bits per heavy atom. The SMILES string of the molecule is N[C@H]1c2ccccc2C[C@H]1OCc1ccccc1. The van der Waals surface area contributed by atoms with Gasteiger partial charge in [0.1, 0.15) is 0 Å². The lowest BCUT2D eigenvalue weighted by atomic mass is 10.1. The van der Waals surface area contributed by atoms with Gasteiger partial charge >= 0.3 is 0 Å². The molecule has 18 heavy (non-hydrogen) atoms. The van der Waals surface area contributed by atoms with Crippen LogP contribution in [0.15, 0.2) is 54.6 Å². The molecular weight excluding hydrogens is 222 g/mol. The first-order chi connectivity index (χ1) is 8.84. The van der Waals surface area contributed by atoms with Crippen molar-refractivity contribution in [2.24, 2.45) is 5.73 Å². The molecule has 2 heteroatoms. The van der Waals surface area contributed by atoms with E-state index in [4.69, 9.17) is 10.5 Å². The smallest absolute Gasteiger partial charge is 0.0812 e. The van der Waals surface area contributed by atoms with Gasteiger partial charge in [-0.2, -0.15) is 0 Å². The van der Waals surface area contributed by atoms with E-state index in [9.17, 15) is 0 Å². The Bertz CT molecular complexity index is 524. The highest BCUT2D eigenvalue weighted by atomic mass is 16.5. The third-order valence-corrected chi connectivity index (χ3v) is 3.54. The number of ether oxygens (including phenoxy) is 1. The van der Waals surface area contributed by atoms with Gasteiger partial charge in [0.2, 0.25) is 0 Å². The van der Waals surface area contributed by atoms with Crippen molar-refractivity contribution in [3.8, 4) is 0 Å². The minimum Gasteiger partial charge on any atom is -0.371 e. The molecular formula is C16H17NO. The summed E-state index contributed by atoms with van der Waals surface area (Å²) >= 11 is 0. The standard InChI is InChI=1S/C16H17NO/c17-16-14-9-5-4-8-13(14)10-15(16)18-11-12-6-2-1-3-7-12/h1-9,15-16H,10-11,17H2/t15-,16+/m1/s1. The molecule has 0 unspecified atom stereocenters. The van der Waals surface area contributed by atoms with Crippen LogP contribution in [0.25, 0.3) is 0 Å². The number of fused-ring (bicyclic) bond motifs is 1. The summed E-state index contributed by atoms with van der Waals surface area (Å²) in [6, 6.07) is 18.6. The molecule has 92 valence electrons. The molecule has 0 heterocycles. The maximum absolute atomic E-state index is 6.23. The largest absolute Gasteiger partial charge is 0.371 e. The van der Waals surface area contributed by atoms with E-state index in [0.29, 0.717) is 6.61 Å². The van der Waals surface area contributed by atoms with E-state index in [0.717, 1.165) is 6.42 Å². The molecule has 3 rings (SSSR count). The van der Waals surface area contributed by atoms with Crippen molar-refractivity contribution in [2.75, 3.05) is 0 Å². The minimum absolute atomic E-state index is 0.00455. The van der Waals surface area contributed by atoms with Gasteiger partial charge < -0.3 is 10.5 Å². The van der Waals surface area contributed by atoms with Crippen LogP contribution in [0.1, 0.15) is 22.7 Å². The lowest BCUT2D eigenvalue weighted by Gasteiger charge is -2.17. The molecule has 2 nitrogen and oxygen atoms in total. The average molecular weight is 239 g/mol. The van der Waals surface area contributed by atoms with Crippen LogP contribution in [0.3, 0.4) is 0 Å². The van der Waals surface area contributed by atoms with Crippen molar-refractivity contribution in [3.63, 3.8) is 0 Å². The van der Waals surface area contributed by atoms with Crippen LogP contribution >= 0.6 is 0 Å². The Morgan fingerprint density at radius 2 is 1.72 bits per heavy atom. The summed E-state index contributed by atoms with van der Waals surface area (Å²) in [5, 5.41) is 0. The van der Waals surface area contributed by atoms with E-state index in [1.807, 2.05) is 24.3 Å². The number of hydrogen-bond donors (Lipinski definition) is 1. The van der Waals surface area contributed by atoms with E-state index in [1.165, 1.54) is 16.7 Å². The van der Waals surface area contributed by atoms with Gasteiger partial charge in [-0.05, 0) is 16.7 Å². The van der Waals surface area contributed by atoms with E-state index in [1.54, 1.807) is 0 Å². The molecule has 1 aliphatic rings. The highest BCUT2D eigenvalue weighted by Crippen LogP contribution is 2.31. The lowest BCUT2D eigenvalue weighted by Crippen LogP contribution is -2.24. The van der Waals surface area contributed by atoms with Crippen molar-refractivity contribution in [3.05, 3.63) is 71.3 Å². The number of benzene rings is 2. The molecule has 0 radical (unpaired) electrons. The summed E-state index contributed by atoms with van der Waals surface area (Å²) < 4.78 is 5.96. The van der Waals surface area contributed by atoms with Gasteiger partial charge in [0.25, 0.3) is 0 Å². The fourth-order valence-corrected chi connectivity index (χ4v) is 2.53. The maximum Gasteiger partial charge on any atom is 0.0812 e. The van der Waals surface area contributed by atoms with E-state index in [2.05, 4.69) is 30.3 Å². The molecule has 0 fully saturated rings. The average Bonchev–Trinajstić information content (AvgIpc) is 2.75. The van der Waals surface area contributed by atoms with Crippen molar-refractivity contribution in [1.82, 2.24) is 0 Å². The molecule has 0 spiro atoms. The van der Waals surface area contributed by atoms with Gasteiger partial charge in [-0.15, -0.1) is 0 Å². The second-order valence-electron chi connectivity index (χ2n) is 4.76. The van der Waals surface area contributed by atoms with Crippen molar-refractivity contribution < 1.29 is 4.74 Å². The zero-order valence-corrected chi connectivity index (χ0v) is 10.3. The zero-order chi connectivity index (χ0) is 12.4. The molecule has 0 bridgehead atoms. The van der Waals surface area contributed by atoms with Crippen LogP contribution in [-0.2, 0) is 17.8 Å². The number of nitrogens with two attached hydrogens (primary N) is 1. The predicted molar refractivity (Wildman–Crippen MR) is 72.1 cm³/mol. The lowest BCUT2D eigenvalue weighted by molar-refractivity contribution is 0.0313. The summed E-state index contributed by atoms with van der Waals surface area (Å²) in [6.45, 7) is 0.632. The quantitative estimate of drug-likeness (QED) is 0.894. The highest BCUT2D eigenvalue weighted by molar-refractivity contribution is 5.36. The van der Waals surface area contributed by atoms with Crippen LogP contribution in [0, 0.1) is 0 Å². The molecule has 2 N–H and O–H groups in total. The van der Waals surface area contributed by atoms with Crippen LogP contribution in [0.2, 0.25) is 0 Å². The number of rotatable bonds is 3. The molecule has 2 aromatic rings. The second-order valence-corrected chi connectivity index (χ2v) is 4.76. The maximum atomic E-state index is 6.23. The molecule has 0 aromatic heterocycles. The van der Waals surface area contributed by atoms with Gasteiger partial charge in [-0.3, -0.25) is 0 Å². The molecule has 0 aliphatic heterocycles. The molecule has 0 saturated carbocycles. The number of hydrogen-bond acceptors (Lipinski definition) is 2. The summed E-state index contributed by atoms with van der Waals surface area (Å²) in [4.78, 5) is 0. The first-order valence-electron chi connectivity index (χ1n) is 6.33. The molecule has 2 atom stereocenters. The normalized spacial score (nSPS) is 21.8. The predicted octanol–water partition coefficient (Wildman–Crippen LogP) is 2.83. The fourth-order valence-electron chi connectivity index (χ4n) is 2.53. The van der Waals surface area contributed by atoms with Crippen LogP contribution in [0.4, 0.5) is 0 Å².